The van der Waals surface area contributed by atoms with E-state index in [2.05, 4.69) is 4.99 Å². The maximum absolute atomic E-state index is 10.5. The highest BCUT2D eigenvalue weighted by Gasteiger charge is 2.18. The summed E-state index contributed by atoms with van der Waals surface area (Å²) in [4.78, 5) is 4.47. The van der Waals surface area contributed by atoms with Crippen LogP contribution >= 0.6 is 0 Å². The first-order valence-corrected chi connectivity index (χ1v) is 6.94. The molecule has 1 aliphatic rings. The molecule has 3 rings (SSSR count). The first-order valence-electron chi connectivity index (χ1n) is 6.94. The van der Waals surface area contributed by atoms with E-state index < -0.39 is 6.23 Å². The topological polar surface area (TPSA) is 57.8 Å². The minimum absolute atomic E-state index is 0.0613. The monoisotopic (exact) mass is 282 g/mol. The fourth-order valence-electron chi connectivity index (χ4n) is 2.78. The molecule has 0 spiro atoms. The van der Waals surface area contributed by atoms with Crippen molar-refractivity contribution >= 4 is 22.7 Å². The number of aliphatic hydroxyl groups excluding tert-OH is 1. The molecule has 0 aliphatic carbocycles. The van der Waals surface area contributed by atoms with E-state index in [1.165, 1.54) is 4.57 Å². The largest absolute Gasteiger partial charge is 0.494 e. The van der Waals surface area contributed by atoms with Gasteiger partial charge in [-0.05, 0) is 44.6 Å². The van der Waals surface area contributed by atoms with Gasteiger partial charge in [-0.2, -0.15) is 0 Å². The highest BCUT2D eigenvalue weighted by atomic mass is 16.3. The molecule has 1 aromatic heterocycles. The predicted molar refractivity (Wildman–Crippen MR) is 85.4 cm³/mol. The lowest BCUT2D eigenvalue weighted by Crippen LogP contribution is -2.02. The Labute approximate surface area is 123 Å². The van der Waals surface area contributed by atoms with Gasteiger partial charge in [0.2, 0.25) is 5.88 Å². The summed E-state index contributed by atoms with van der Waals surface area (Å²) < 4.78 is 1.52. The van der Waals surface area contributed by atoms with E-state index in [0.717, 1.165) is 27.9 Å². The number of hydrogen-bond donors (Lipinski definition) is 2. The molecule has 21 heavy (non-hydrogen) atoms. The molecule has 1 aliphatic heterocycles. The van der Waals surface area contributed by atoms with Crippen LogP contribution in [-0.4, -0.2) is 20.5 Å². The standard InChI is InChI=1S/C17H18N2O2/c1-10-8-11(2)18-15(10)9-14-13-6-4-5-7-16(13)19(12(3)20)17(14)21/h4-9,12,20-21H,1-3H3. The van der Waals surface area contributed by atoms with Crippen LogP contribution in [0.2, 0.25) is 0 Å². The van der Waals surface area contributed by atoms with Crippen molar-refractivity contribution in [1.29, 1.82) is 0 Å². The fraction of sp³-hybridized carbons (Fsp3) is 0.235. The van der Waals surface area contributed by atoms with Gasteiger partial charge in [0, 0.05) is 16.7 Å². The molecule has 0 saturated carbocycles. The molecule has 0 saturated heterocycles. The first-order chi connectivity index (χ1) is 9.99. The number of allylic oxidation sites excluding steroid dienone is 2. The van der Waals surface area contributed by atoms with Crippen molar-refractivity contribution in [3.8, 4) is 5.88 Å². The van der Waals surface area contributed by atoms with E-state index in [-0.39, 0.29) is 5.88 Å². The molecule has 2 aromatic rings. The fourth-order valence-corrected chi connectivity index (χ4v) is 2.78. The van der Waals surface area contributed by atoms with Crippen molar-refractivity contribution in [2.75, 3.05) is 0 Å². The minimum atomic E-state index is -0.799. The second-order valence-corrected chi connectivity index (χ2v) is 5.37. The number of aliphatic imine (C=N–C) groups is 1. The quantitative estimate of drug-likeness (QED) is 0.883. The average Bonchev–Trinajstić information content (AvgIpc) is 2.88. The van der Waals surface area contributed by atoms with Gasteiger partial charge in [0.25, 0.3) is 0 Å². The summed E-state index contributed by atoms with van der Waals surface area (Å²) >= 11 is 0. The maximum atomic E-state index is 10.5. The van der Waals surface area contributed by atoms with Gasteiger partial charge in [-0.25, -0.2) is 0 Å². The third-order valence-corrected chi connectivity index (χ3v) is 3.70. The molecule has 1 unspecified atom stereocenters. The summed E-state index contributed by atoms with van der Waals surface area (Å²) in [5.41, 5.74) is 4.36. The van der Waals surface area contributed by atoms with Crippen molar-refractivity contribution in [1.82, 2.24) is 4.57 Å². The SMILES string of the molecule is CC1=CC(C)=NC1=Cc1c(O)n(C(C)O)c2ccccc12. The highest BCUT2D eigenvalue weighted by molar-refractivity contribution is 6.00. The van der Waals surface area contributed by atoms with Crippen LogP contribution in [-0.2, 0) is 0 Å². The second-order valence-electron chi connectivity index (χ2n) is 5.37. The summed E-state index contributed by atoms with van der Waals surface area (Å²) in [6.07, 6.45) is 3.09. The lowest BCUT2D eigenvalue weighted by Gasteiger charge is -2.09. The Morgan fingerprint density at radius 1 is 1.24 bits per heavy atom. The molecule has 0 fully saturated rings. The van der Waals surface area contributed by atoms with Crippen LogP contribution < -0.4 is 0 Å². The minimum Gasteiger partial charge on any atom is -0.494 e. The number of para-hydroxylation sites is 1. The van der Waals surface area contributed by atoms with Gasteiger partial charge in [-0.3, -0.25) is 9.56 Å². The Bertz CT molecular complexity index is 808. The zero-order chi connectivity index (χ0) is 15.1. The van der Waals surface area contributed by atoms with Gasteiger partial charge in [-0.1, -0.05) is 18.2 Å². The average molecular weight is 282 g/mol. The predicted octanol–water partition coefficient (Wildman–Crippen LogP) is 3.62. The lowest BCUT2D eigenvalue weighted by atomic mass is 10.1. The van der Waals surface area contributed by atoms with Crippen LogP contribution in [0.25, 0.3) is 17.0 Å². The molecule has 2 N–H and O–H groups in total. The third kappa shape index (κ3) is 2.17. The Morgan fingerprint density at radius 3 is 2.57 bits per heavy atom. The Balaban J connectivity index is 2.27. The zero-order valence-corrected chi connectivity index (χ0v) is 12.3. The number of nitrogens with zero attached hydrogens (tertiary/aromatic N) is 2. The molecule has 0 amide bonds. The summed E-state index contributed by atoms with van der Waals surface area (Å²) in [5, 5.41) is 21.3. The van der Waals surface area contributed by atoms with Crippen molar-refractivity contribution in [3.63, 3.8) is 0 Å². The van der Waals surface area contributed by atoms with Crippen LogP contribution in [0.3, 0.4) is 0 Å². The van der Waals surface area contributed by atoms with Crippen LogP contribution in [0.4, 0.5) is 0 Å². The molecule has 0 bridgehead atoms. The van der Waals surface area contributed by atoms with Crippen molar-refractivity contribution in [2.24, 2.45) is 4.99 Å². The van der Waals surface area contributed by atoms with Gasteiger partial charge in [0.1, 0.15) is 6.23 Å². The summed E-state index contributed by atoms with van der Waals surface area (Å²) in [5.74, 6) is 0.0613. The normalized spacial score (nSPS) is 18.2. The molecule has 4 nitrogen and oxygen atoms in total. The van der Waals surface area contributed by atoms with E-state index in [9.17, 15) is 10.2 Å². The number of aromatic nitrogens is 1. The van der Waals surface area contributed by atoms with Gasteiger partial charge in [0.15, 0.2) is 0 Å². The molecular weight excluding hydrogens is 264 g/mol. The maximum Gasteiger partial charge on any atom is 0.201 e. The Kier molecular flexibility index (Phi) is 3.18. The molecule has 108 valence electrons. The highest BCUT2D eigenvalue weighted by Crippen LogP contribution is 2.36. The van der Waals surface area contributed by atoms with Crippen LogP contribution in [0, 0.1) is 0 Å². The number of hydrogen-bond acceptors (Lipinski definition) is 3. The van der Waals surface area contributed by atoms with Crippen molar-refractivity contribution in [2.45, 2.75) is 27.0 Å². The Morgan fingerprint density at radius 2 is 1.95 bits per heavy atom. The van der Waals surface area contributed by atoms with E-state index in [1.54, 1.807) is 6.92 Å². The van der Waals surface area contributed by atoms with Gasteiger partial charge in [-0.15, -0.1) is 0 Å². The second kappa shape index (κ2) is 4.90. The molecule has 4 heteroatoms. The van der Waals surface area contributed by atoms with E-state index >= 15 is 0 Å². The van der Waals surface area contributed by atoms with E-state index in [1.807, 2.05) is 50.3 Å². The van der Waals surface area contributed by atoms with Gasteiger partial charge < -0.3 is 10.2 Å². The van der Waals surface area contributed by atoms with Crippen molar-refractivity contribution in [3.05, 3.63) is 47.2 Å². The smallest absolute Gasteiger partial charge is 0.201 e. The molecule has 2 heterocycles. The van der Waals surface area contributed by atoms with Crippen LogP contribution in [0.1, 0.15) is 32.6 Å². The molecule has 1 atom stereocenters. The summed E-state index contributed by atoms with van der Waals surface area (Å²) in [6, 6.07) is 7.63. The van der Waals surface area contributed by atoms with Crippen LogP contribution in [0.5, 0.6) is 5.88 Å². The van der Waals surface area contributed by atoms with Crippen LogP contribution in [0.15, 0.2) is 46.6 Å². The van der Waals surface area contributed by atoms with E-state index in [0.29, 0.717) is 5.56 Å². The number of aliphatic hydroxyl groups is 1. The lowest BCUT2D eigenvalue weighted by molar-refractivity contribution is 0.120. The molecule has 0 radical (unpaired) electrons. The summed E-state index contributed by atoms with van der Waals surface area (Å²) in [7, 11) is 0. The molecule has 1 aromatic carbocycles. The molecular formula is C17H18N2O2. The number of benzene rings is 1. The van der Waals surface area contributed by atoms with Crippen molar-refractivity contribution < 1.29 is 10.2 Å². The zero-order valence-electron chi connectivity index (χ0n) is 12.3. The van der Waals surface area contributed by atoms with E-state index in [4.69, 9.17) is 0 Å². The third-order valence-electron chi connectivity index (χ3n) is 3.70. The summed E-state index contributed by atoms with van der Waals surface area (Å²) in [6.45, 7) is 5.58. The van der Waals surface area contributed by atoms with Gasteiger partial charge in [0.05, 0.1) is 11.2 Å². The van der Waals surface area contributed by atoms with Gasteiger partial charge >= 0.3 is 0 Å². The number of aromatic hydroxyl groups is 1. The Hall–Kier alpha value is -2.33. The first kappa shape index (κ1) is 13.6. The number of rotatable bonds is 2. The number of fused-ring (bicyclic) bond motifs is 1.